The van der Waals surface area contributed by atoms with Crippen molar-refractivity contribution in [1.29, 1.82) is 0 Å². The Morgan fingerprint density at radius 3 is 2.71 bits per heavy atom. The van der Waals surface area contributed by atoms with Gasteiger partial charge >= 0.3 is 0 Å². The highest BCUT2D eigenvalue weighted by molar-refractivity contribution is 9.10. The van der Waals surface area contributed by atoms with E-state index >= 15 is 0 Å². The Kier molecular flexibility index (Phi) is 7.35. The predicted octanol–water partition coefficient (Wildman–Crippen LogP) is 2.53. The molecule has 0 aliphatic carbocycles. The average Bonchev–Trinajstić information content (AvgIpc) is 3.09. The number of benzene rings is 1. The molecule has 0 aliphatic heterocycles. The summed E-state index contributed by atoms with van der Waals surface area (Å²) >= 11 is 3.36. The Bertz CT molecular complexity index is 671. The molecule has 1 aromatic heterocycles. The van der Waals surface area contributed by atoms with Gasteiger partial charge in [0.2, 0.25) is 0 Å². The van der Waals surface area contributed by atoms with Crippen LogP contribution < -0.4 is 16.0 Å². The summed E-state index contributed by atoms with van der Waals surface area (Å²) in [5.74, 6) is 1.39. The number of halogens is 1. The molecule has 0 radical (unpaired) electrons. The molecule has 3 N–H and O–H groups in total. The third-order valence-electron chi connectivity index (χ3n) is 3.11. The average molecular weight is 393 g/mol. The fraction of sp³-hybridized carbons (Fsp3) is 0.294. The van der Waals surface area contributed by atoms with Crippen LogP contribution in [0.1, 0.15) is 23.0 Å². The van der Waals surface area contributed by atoms with Gasteiger partial charge < -0.3 is 20.4 Å². The quantitative estimate of drug-likeness (QED) is 0.384. The minimum atomic E-state index is -0.101. The lowest BCUT2D eigenvalue weighted by Gasteiger charge is -2.11. The van der Waals surface area contributed by atoms with Gasteiger partial charge in [0.05, 0.1) is 6.26 Å². The van der Waals surface area contributed by atoms with Crippen LogP contribution in [0.25, 0.3) is 0 Å². The first-order valence-electron chi connectivity index (χ1n) is 7.77. The Labute approximate surface area is 149 Å². The highest BCUT2D eigenvalue weighted by Crippen LogP contribution is 2.11. The fourth-order valence-corrected chi connectivity index (χ4v) is 2.39. The normalized spacial score (nSPS) is 11.2. The van der Waals surface area contributed by atoms with E-state index in [1.54, 1.807) is 18.4 Å². The highest BCUT2D eigenvalue weighted by Gasteiger charge is 2.05. The number of guanidine groups is 1. The van der Waals surface area contributed by atoms with Gasteiger partial charge in [-0.3, -0.25) is 4.79 Å². The Morgan fingerprint density at radius 2 is 2.00 bits per heavy atom. The predicted molar refractivity (Wildman–Crippen MR) is 98.0 cm³/mol. The third-order valence-corrected chi connectivity index (χ3v) is 3.60. The van der Waals surface area contributed by atoms with Crippen molar-refractivity contribution in [2.45, 2.75) is 13.5 Å². The first-order chi connectivity index (χ1) is 11.7. The number of nitrogens with one attached hydrogen (secondary N) is 3. The van der Waals surface area contributed by atoms with Crippen LogP contribution in [-0.4, -0.2) is 31.5 Å². The Balaban J connectivity index is 1.76. The Hall–Kier alpha value is -2.28. The van der Waals surface area contributed by atoms with Crippen molar-refractivity contribution < 1.29 is 9.21 Å². The van der Waals surface area contributed by atoms with Crippen molar-refractivity contribution in [2.24, 2.45) is 4.99 Å². The van der Waals surface area contributed by atoms with Gasteiger partial charge in [0.25, 0.3) is 5.91 Å². The third kappa shape index (κ3) is 6.08. The van der Waals surface area contributed by atoms with Crippen molar-refractivity contribution in [3.05, 3.63) is 58.5 Å². The second-order valence-electron chi connectivity index (χ2n) is 4.97. The zero-order valence-electron chi connectivity index (χ0n) is 13.5. The van der Waals surface area contributed by atoms with Crippen molar-refractivity contribution in [3.63, 3.8) is 0 Å². The van der Waals surface area contributed by atoms with Gasteiger partial charge in [-0.15, -0.1) is 0 Å². The lowest BCUT2D eigenvalue weighted by molar-refractivity contribution is 0.0954. The van der Waals surface area contributed by atoms with Crippen LogP contribution in [0, 0.1) is 0 Å². The second-order valence-corrected chi connectivity index (χ2v) is 5.88. The van der Waals surface area contributed by atoms with Crippen LogP contribution in [0.3, 0.4) is 0 Å². The lowest BCUT2D eigenvalue weighted by Crippen LogP contribution is -2.41. The van der Waals surface area contributed by atoms with Crippen LogP contribution in [-0.2, 0) is 6.54 Å². The van der Waals surface area contributed by atoms with Crippen molar-refractivity contribution in [1.82, 2.24) is 16.0 Å². The number of furan rings is 1. The number of hydrogen-bond acceptors (Lipinski definition) is 3. The van der Waals surface area contributed by atoms with E-state index < -0.39 is 0 Å². The molecule has 0 atom stereocenters. The van der Waals surface area contributed by atoms with Crippen LogP contribution in [0.2, 0.25) is 0 Å². The largest absolute Gasteiger partial charge is 0.467 e. The van der Waals surface area contributed by atoms with Crippen molar-refractivity contribution >= 4 is 27.8 Å². The number of amides is 1. The van der Waals surface area contributed by atoms with Gasteiger partial charge in [-0.2, -0.15) is 0 Å². The smallest absolute Gasteiger partial charge is 0.251 e. The SMILES string of the molecule is CCNC(=NCc1ccco1)NCCNC(=O)c1cccc(Br)c1. The first kappa shape index (κ1) is 18.1. The topological polar surface area (TPSA) is 78.7 Å². The molecular formula is C17H21BrN4O2. The van der Waals surface area contributed by atoms with Gasteiger partial charge in [-0.25, -0.2) is 4.99 Å². The molecule has 0 spiro atoms. The number of carbonyl (C=O) groups is 1. The molecule has 128 valence electrons. The molecule has 0 saturated carbocycles. The van der Waals surface area contributed by atoms with Crippen molar-refractivity contribution in [3.8, 4) is 0 Å². The molecule has 2 aromatic rings. The molecule has 2 rings (SSSR count). The summed E-state index contributed by atoms with van der Waals surface area (Å²) in [6.07, 6.45) is 1.63. The van der Waals surface area contributed by atoms with Crippen LogP contribution in [0.4, 0.5) is 0 Å². The minimum absolute atomic E-state index is 0.101. The van der Waals surface area contributed by atoms with E-state index in [0.717, 1.165) is 16.8 Å². The van der Waals surface area contributed by atoms with Gasteiger partial charge in [0.1, 0.15) is 12.3 Å². The number of rotatable bonds is 7. The summed E-state index contributed by atoms with van der Waals surface area (Å²) in [4.78, 5) is 16.5. The van der Waals surface area contributed by atoms with E-state index in [4.69, 9.17) is 4.42 Å². The standard InChI is InChI=1S/C17H21BrN4O2/c1-2-19-17(22-12-15-7-4-10-24-15)21-9-8-20-16(23)13-5-3-6-14(18)11-13/h3-7,10-11H,2,8-9,12H2,1H3,(H,20,23)(H2,19,21,22). The van der Waals surface area contributed by atoms with E-state index in [0.29, 0.717) is 31.2 Å². The maximum absolute atomic E-state index is 12.0. The minimum Gasteiger partial charge on any atom is -0.467 e. The molecule has 0 fully saturated rings. The van der Waals surface area contributed by atoms with E-state index in [-0.39, 0.29) is 5.91 Å². The molecule has 0 saturated heterocycles. The monoisotopic (exact) mass is 392 g/mol. The summed E-state index contributed by atoms with van der Waals surface area (Å²) in [5.41, 5.74) is 0.628. The number of hydrogen-bond donors (Lipinski definition) is 3. The molecule has 0 unspecified atom stereocenters. The number of aliphatic imine (C=N–C) groups is 1. The first-order valence-corrected chi connectivity index (χ1v) is 8.56. The van der Waals surface area contributed by atoms with E-state index in [9.17, 15) is 4.79 Å². The van der Waals surface area contributed by atoms with Gasteiger partial charge in [0.15, 0.2) is 5.96 Å². The maximum Gasteiger partial charge on any atom is 0.251 e. The molecule has 6 nitrogen and oxygen atoms in total. The summed E-state index contributed by atoms with van der Waals surface area (Å²) < 4.78 is 6.14. The molecule has 1 aromatic carbocycles. The highest BCUT2D eigenvalue weighted by atomic mass is 79.9. The zero-order valence-corrected chi connectivity index (χ0v) is 15.1. The molecule has 7 heteroatoms. The van der Waals surface area contributed by atoms with E-state index in [2.05, 4.69) is 36.9 Å². The second kappa shape index (κ2) is 9.77. The summed E-state index contributed by atoms with van der Waals surface area (Å²) in [5, 5.41) is 9.19. The van der Waals surface area contributed by atoms with Crippen LogP contribution in [0.15, 0.2) is 56.5 Å². The van der Waals surface area contributed by atoms with Crippen LogP contribution in [0.5, 0.6) is 0 Å². The molecule has 24 heavy (non-hydrogen) atoms. The molecule has 1 heterocycles. The molecule has 0 aliphatic rings. The summed E-state index contributed by atoms with van der Waals surface area (Å²) in [7, 11) is 0. The summed E-state index contributed by atoms with van der Waals surface area (Å²) in [6, 6.07) is 11.0. The molecule has 0 bridgehead atoms. The summed E-state index contributed by atoms with van der Waals surface area (Å²) in [6.45, 7) is 4.29. The van der Waals surface area contributed by atoms with Gasteiger partial charge in [0, 0.05) is 29.7 Å². The van der Waals surface area contributed by atoms with Gasteiger partial charge in [-0.1, -0.05) is 22.0 Å². The van der Waals surface area contributed by atoms with Gasteiger partial charge in [-0.05, 0) is 37.3 Å². The molecular weight excluding hydrogens is 372 g/mol. The molecule has 1 amide bonds. The zero-order chi connectivity index (χ0) is 17.2. The number of nitrogens with zero attached hydrogens (tertiary/aromatic N) is 1. The lowest BCUT2D eigenvalue weighted by atomic mass is 10.2. The maximum atomic E-state index is 12.0. The number of carbonyl (C=O) groups excluding carboxylic acids is 1. The van der Waals surface area contributed by atoms with Crippen molar-refractivity contribution in [2.75, 3.05) is 19.6 Å². The fourth-order valence-electron chi connectivity index (χ4n) is 1.99. The Morgan fingerprint density at radius 1 is 1.17 bits per heavy atom. The van der Waals surface area contributed by atoms with E-state index in [1.807, 2.05) is 31.2 Å². The van der Waals surface area contributed by atoms with E-state index in [1.165, 1.54) is 0 Å². The van der Waals surface area contributed by atoms with Crippen LogP contribution >= 0.6 is 15.9 Å².